The molecule has 9 heteroatoms. The molecule has 1 amide bonds. The first kappa shape index (κ1) is 16.1. The number of sulfonamides is 1. The Morgan fingerprint density at radius 3 is 2.74 bits per heavy atom. The fourth-order valence-electron chi connectivity index (χ4n) is 1.15. The first-order chi connectivity index (χ1) is 8.93. The molecule has 0 atom stereocenters. The quantitative estimate of drug-likeness (QED) is 0.640. The molecule has 0 aliphatic carbocycles. The predicted molar refractivity (Wildman–Crippen MR) is 70.2 cm³/mol. The molecule has 19 heavy (non-hydrogen) atoms. The van der Waals surface area contributed by atoms with Crippen molar-refractivity contribution in [2.45, 2.75) is 10.8 Å². The van der Waals surface area contributed by atoms with Gasteiger partial charge in [-0.15, -0.1) is 11.3 Å². The lowest BCUT2D eigenvalue weighted by Crippen LogP contribution is -2.27. The second-order valence-corrected chi connectivity index (χ2v) is 6.54. The van der Waals surface area contributed by atoms with E-state index >= 15 is 0 Å². The van der Waals surface area contributed by atoms with E-state index in [-0.39, 0.29) is 23.3 Å². The van der Waals surface area contributed by atoms with Crippen LogP contribution in [0, 0.1) is 0 Å². The maximum atomic E-state index is 11.4. The topological polar surface area (TPSA) is 108 Å². The number of carbonyl (C=O) groups excluding carboxylic acids is 1. The van der Waals surface area contributed by atoms with Gasteiger partial charge in [0.15, 0.2) is 0 Å². The zero-order valence-electron chi connectivity index (χ0n) is 10.4. The van der Waals surface area contributed by atoms with E-state index in [0.29, 0.717) is 18.1 Å². The SMILES string of the molecule is COCCOCC(=O)NCc1ccc(S(N)(=O)=O)s1. The van der Waals surface area contributed by atoms with Crippen molar-refractivity contribution >= 4 is 27.3 Å². The summed E-state index contributed by atoms with van der Waals surface area (Å²) >= 11 is 1.03. The molecule has 0 aliphatic rings. The molecular formula is C10H16N2O5S2. The number of hydrogen-bond donors (Lipinski definition) is 2. The Kier molecular flexibility index (Phi) is 6.38. The average molecular weight is 308 g/mol. The summed E-state index contributed by atoms with van der Waals surface area (Å²) in [6.45, 7) is 0.956. The lowest BCUT2D eigenvalue weighted by molar-refractivity contribution is -0.126. The fourth-order valence-corrected chi connectivity index (χ4v) is 2.87. The van der Waals surface area contributed by atoms with Gasteiger partial charge < -0.3 is 14.8 Å². The van der Waals surface area contributed by atoms with Crippen LogP contribution in [0.25, 0.3) is 0 Å². The van der Waals surface area contributed by atoms with Gasteiger partial charge in [0, 0.05) is 12.0 Å². The summed E-state index contributed by atoms with van der Waals surface area (Å²) in [6, 6.07) is 3.02. The molecule has 0 saturated carbocycles. The van der Waals surface area contributed by atoms with Gasteiger partial charge in [0.25, 0.3) is 0 Å². The molecule has 0 saturated heterocycles. The summed E-state index contributed by atoms with van der Waals surface area (Å²) in [6.07, 6.45) is 0. The summed E-state index contributed by atoms with van der Waals surface area (Å²) in [7, 11) is -2.13. The van der Waals surface area contributed by atoms with Crippen molar-refractivity contribution in [3.05, 3.63) is 17.0 Å². The molecule has 1 heterocycles. The van der Waals surface area contributed by atoms with Gasteiger partial charge in [0.05, 0.1) is 19.8 Å². The minimum Gasteiger partial charge on any atom is -0.382 e. The molecule has 7 nitrogen and oxygen atoms in total. The van der Waals surface area contributed by atoms with E-state index in [4.69, 9.17) is 14.6 Å². The molecule has 1 aromatic rings. The van der Waals surface area contributed by atoms with Crippen molar-refractivity contribution in [1.29, 1.82) is 0 Å². The van der Waals surface area contributed by atoms with Crippen LogP contribution < -0.4 is 10.5 Å². The molecule has 0 bridgehead atoms. The Hall–Kier alpha value is -1.00. The van der Waals surface area contributed by atoms with Crippen LogP contribution in [0.1, 0.15) is 4.88 Å². The number of nitrogens with two attached hydrogens (primary N) is 1. The lowest BCUT2D eigenvalue weighted by atomic mass is 10.4. The van der Waals surface area contributed by atoms with Crippen molar-refractivity contribution in [2.75, 3.05) is 26.9 Å². The Balaban J connectivity index is 2.32. The van der Waals surface area contributed by atoms with E-state index in [0.717, 1.165) is 11.3 Å². The second kappa shape index (κ2) is 7.56. The summed E-state index contributed by atoms with van der Waals surface area (Å²) in [5.74, 6) is -0.276. The van der Waals surface area contributed by atoms with E-state index in [9.17, 15) is 13.2 Å². The first-order valence-electron chi connectivity index (χ1n) is 5.38. The Morgan fingerprint density at radius 1 is 1.42 bits per heavy atom. The molecule has 0 spiro atoms. The number of amides is 1. The number of ether oxygens (including phenoxy) is 2. The number of carbonyl (C=O) groups is 1. The third-order valence-electron chi connectivity index (χ3n) is 2.04. The molecule has 0 unspecified atom stereocenters. The highest BCUT2D eigenvalue weighted by molar-refractivity contribution is 7.91. The minimum absolute atomic E-state index is 0.0588. The summed E-state index contributed by atoms with van der Waals surface area (Å²) < 4.78 is 32.0. The number of nitrogens with one attached hydrogen (secondary N) is 1. The maximum Gasteiger partial charge on any atom is 0.247 e. The van der Waals surface area contributed by atoms with Gasteiger partial charge >= 0.3 is 0 Å². The Bertz CT molecular complexity index is 512. The molecule has 0 radical (unpaired) electrons. The largest absolute Gasteiger partial charge is 0.382 e. The van der Waals surface area contributed by atoms with Gasteiger partial charge in [-0.2, -0.15) is 0 Å². The summed E-state index contributed by atoms with van der Waals surface area (Å²) in [5, 5.41) is 7.59. The number of thiophene rings is 1. The predicted octanol–water partition coefficient (Wildman–Crippen LogP) is -0.325. The first-order valence-corrected chi connectivity index (χ1v) is 7.74. The smallest absolute Gasteiger partial charge is 0.247 e. The molecule has 1 rings (SSSR count). The molecule has 0 aromatic carbocycles. The van der Waals surface area contributed by atoms with Crippen molar-refractivity contribution in [2.24, 2.45) is 5.14 Å². The normalized spacial score (nSPS) is 11.5. The van der Waals surface area contributed by atoms with Gasteiger partial charge in [0.1, 0.15) is 10.8 Å². The highest BCUT2D eigenvalue weighted by atomic mass is 32.2. The number of methoxy groups -OCH3 is 1. The van der Waals surface area contributed by atoms with Crippen LogP contribution in [0.2, 0.25) is 0 Å². The van der Waals surface area contributed by atoms with Gasteiger partial charge in [-0.25, -0.2) is 13.6 Å². The van der Waals surface area contributed by atoms with Crippen molar-refractivity contribution in [3.8, 4) is 0 Å². The Morgan fingerprint density at radius 2 is 2.16 bits per heavy atom. The molecule has 1 aromatic heterocycles. The van der Waals surface area contributed by atoms with E-state index in [1.54, 1.807) is 13.2 Å². The third kappa shape index (κ3) is 6.12. The van der Waals surface area contributed by atoms with Crippen molar-refractivity contribution in [1.82, 2.24) is 5.32 Å². The zero-order chi connectivity index (χ0) is 14.3. The lowest BCUT2D eigenvalue weighted by Gasteiger charge is -2.04. The van der Waals surface area contributed by atoms with E-state index in [1.165, 1.54) is 6.07 Å². The summed E-state index contributed by atoms with van der Waals surface area (Å²) in [5.41, 5.74) is 0. The molecule has 0 fully saturated rings. The molecular weight excluding hydrogens is 292 g/mol. The van der Waals surface area contributed by atoms with Crippen LogP contribution in [0.4, 0.5) is 0 Å². The highest BCUT2D eigenvalue weighted by Crippen LogP contribution is 2.19. The van der Waals surface area contributed by atoms with E-state index in [2.05, 4.69) is 5.32 Å². The third-order valence-corrected chi connectivity index (χ3v) is 4.57. The van der Waals surface area contributed by atoms with Crippen LogP contribution in [0.3, 0.4) is 0 Å². The highest BCUT2D eigenvalue weighted by Gasteiger charge is 2.11. The monoisotopic (exact) mass is 308 g/mol. The van der Waals surface area contributed by atoms with Crippen LogP contribution in [0.15, 0.2) is 16.3 Å². The molecule has 0 aliphatic heterocycles. The van der Waals surface area contributed by atoms with Crippen molar-refractivity contribution in [3.63, 3.8) is 0 Å². The number of hydrogen-bond acceptors (Lipinski definition) is 6. The van der Waals surface area contributed by atoms with Crippen LogP contribution in [-0.4, -0.2) is 41.3 Å². The zero-order valence-corrected chi connectivity index (χ0v) is 12.1. The number of primary sulfonamides is 1. The van der Waals surface area contributed by atoms with Gasteiger partial charge in [-0.3, -0.25) is 4.79 Å². The van der Waals surface area contributed by atoms with E-state index in [1.807, 2.05) is 0 Å². The standard InChI is InChI=1S/C10H16N2O5S2/c1-16-4-5-17-7-9(13)12-6-8-2-3-10(18-8)19(11,14)15/h2-3H,4-7H2,1H3,(H,12,13)(H2,11,14,15). The van der Waals surface area contributed by atoms with Crippen molar-refractivity contribution < 1.29 is 22.7 Å². The summed E-state index contributed by atoms with van der Waals surface area (Å²) in [4.78, 5) is 12.1. The van der Waals surface area contributed by atoms with Gasteiger partial charge in [-0.05, 0) is 12.1 Å². The van der Waals surface area contributed by atoms with Crippen LogP contribution >= 0.6 is 11.3 Å². The van der Waals surface area contributed by atoms with Crippen LogP contribution in [0.5, 0.6) is 0 Å². The van der Waals surface area contributed by atoms with Gasteiger partial charge in [-0.1, -0.05) is 0 Å². The van der Waals surface area contributed by atoms with Gasteiger partial charge in [0.2, 0.25) is 15.9 Å². The Labute approximate surface area is 115 Å². The molecule has 3 N–H and O–H groups in total. The molecule has 108 valence electrons. The van der Waals surface area contributed by atoms with E-state index < -0.39 is 10.0 Å². The fraction of sp³-hybridized carbons (Fsp3) is 0.500. The second-order valence-electron chi connectivity index (χ2n) is 3.59. The maximum absolute atomic E-state index is 11.4. The number of rotatable bonds is 8. The van der Waals surface area contributed by atoms with Crippen LogP contribution in [-0.2, 0) is 30.8 Å². The minimum atomic E-state index is -3.67. The average Bonchev–Trinajstić information content (AvgIpc) is 2.81.